The fraction of sp³-hybridized carbons (Fsp3) is 0.0476. The molecule has 0 aliphatic carbocycles. The standard InChI is InChI=1S/C21H18N2O4S/c1-15-6-5-9-17(14-15)20(24)22-18-10-12-19(13-11-18)28(26,27)23-21(25)16-7-3-2-4-8-16/h2-14H,1H3,(H,22,24)(H,23,25). The van der Waals surface area contributed by atoms with Crippen molar-refractivity contribution in [2.45, 2.75) is 11.8 Å². The Kier molecular flexibility index (Phi) is 5.56. The Bertz CT molecular complexity index is 1110. The molecule has 142 valence electrons. The van der Waals surface area contributed by atoms with Gasteiger partial charge in [0, 0.05) is 16.8 Å². The maximum absolute atomic E-state index is 12.4. The second-order valence-corrected chi connectivity index (χ2v) is 7.83. The number of benzene rings is 3. The van der Waals surface area contributed by atoms with Gasteiger partial charge >= 0.3 is 0 Å². The summed E-state index contributed by atoms with van der Waals surface area (Å²) in [6.45, 7) is 1.89. The van der Waals surface area contributed by atoms with Crippen LogP contribution in [0.5, 0.6) is 0 Å². The quantitative estimate of drug-likeness (QED) is 0.694. The molecule has 0 heterocycles. The molecule has 3 aromatic carbocycles. The summed E-state index contributed by atoms with van der Waals surface area (Å²) in [4.78, 5) is 24.3. The molecular formula is C21H18N2O4S. The molecule has 0 aliphatic heterocycles. The van der Waals surface area contributed by atoms with Gasteiger partial charge in [-0.3, -0.25) is 9.59 Å². The highest BCUT2D eigenvalue weighted by atomic mass is 32.2. The van der Waals surface area contributed by atoms with Gasteiger partial charge < -0.3 is 5.32 Å². The van der Waals surface area contributed by atoms with Gasteiger partial charge in [0.25, 0.3) is 21.8 Å². The first-order chi connectivity index (χ1) is 13.3. The van der Waals surface area contributed by atoms with Crippen LogP contribution in [0.15, 0.2) is 83.8 Å². The normalized spacial score (nSPS) is 10.9. The van der Waals surface area contributed by atoms with Gasteiger partial charge in [0.15, 0.2) is 0 Å². The minimum Gasteiger partial charge on any atom is -0.322 e. The van der Waals surface area contributed by atoms with Crippen LogP contribution in [0.2, 0.25) is 0 Å². The number of hydrogen-bond donors (Lipinski definition) is 2. The van der Waals surface area contributed by atoms with Crippen molar-refractivity contribution >= 4 is 27.5 Å². The highest BCUT2D eigenvalue weighted by molar-refractivity contribution is 7.90. The van der Waals surface area contributed by atoms with E-state index in [0.29, 0.717) is 11.3 Å². The molecule has 0 saturated carbocycles. The minimum absolute atomic E-state index is 0.0784. The van der Waals surface area contributed by atoms with E-state index in [9.17, 15) is 18.0 Å². The van der Waals surface area contributed by atoms with Crippen molar-refractivity contribution < 1.29 is 18.0 Å². The van der Waals surface area contributed by atoms with Crippen LogP contribution < -0.4 is 10.0 Å². The summed E-state index contributed by atoms with van der Waals surface area (Å²) < 4.78 is 26.8. The van der Waals surface area contributed by atoms with Crippen molar-refractivity contribution in [1.82, 2.24) is 4.72 Å². The molecule has 7 heteroatoms. The second-order valence-electron chi connectivity index (χ2n) is 6.15. The van der Waals surface area contributed by atoms with Gasteiger partial charge in [0.05, 0.1) is 4.90 Å². The van der Waals surface area contributed by atoms with Crippen molar-refractivity contribution in [3.8, 4) is 0 Å². The van der Waals surface area contributed by atoms with Crippen molar-refractivity contribution in [1.29, 1.82) is 0 Å². The van der Waals surface area contributed by atoms with E-state index in [-0.39, 0.29) is 16.4 Å². The summed E-state index contributed by atoms with van der Waals surface area (Å²) in [5.74, 6) is -1.01. The van der Waals surface area contributed by atoms with E-state index in [4.69, 9.17) is 0 Å². The molecule has 0 radical (unpaired) electrons. The Balaban J connectivity index is 1.71. The molecule has 0 spiro atoms. The number of aryl methyl sites for hydroxylation is 1. The Morgan fingerprint density at radius 3 is 2.04 bits per heavy atom. The first kappa shape index (κ1) is 19.3. The van der Waals surface area contributed by atoms with Crippen LogP contribution in [0.3, 0.4) is 0 Å². The van der Waals surface area contributed by atoms with Gasteiger partial charge in [-0.25, -0.2) is 13.1 Å². The van der Waals surface area contributed by atoms with Gasteiger partial charge in [0.1, 0.15) is 0 Å². The number of amides is 2. The highest BCUT2D eigenvalue weighted by Gasteiger charge is 2.18. The third-order valence-electron chi connectivity index (χ3n) is 3.97. The molecule has 0 unspecified atom stereocenters. The van der Waals surface area contributed by atoms with Crippen LogP contribution in [0.1, 0.15) is 26.3 Å². The number of sulfonamides is 1. The monoisotopic (exact) mass is 394 g/mol. The number of hydrogen-bond acceptors (Lipinski definition) is 4. The lowest BCUT2D eigenvalue weighted by atomic mass is 10.1. The van der Waals surface area contributed by atoms with Crippen molar-refractivity contribution in [3.05, 3.63) is 95.6 Å². The van der Waals surface area contributed by atoms with Crippen LogP contribution in [0.25, 0.3) is 0 Å². The molecule has 0 aliphatic rings. The Hall–Kier alpha value is -3.45. The lowest BCUT2D eigenvalue weighted by molar-refractivity contribution is 0.0979. The summed E-state index contributed by atoms with van der Waals surface area (Å²) >= 11 is 0. The highest BCUT2D eigenvalue weighted by Crippen LogP contribution is 2.16. The Morgan fingerprint density at radius 2 is 1.39 bits per heavy atom. The van der Waals surface area contributed by atoms with E-state index in [2.05, 4.69) is 5.32 Å². The SMILES string of the molecule is Cc1cccc(C(=O)Nc2ccc(S(=O)(=O)NC(=O)c3ccccc3)cc2)c1. The molecule has 3 rings (SSSR count). The van der Waals surface area contributed by atoms with Gasteiger partial charge in [-0.15, -0.1) is 0 Å². The summed E-state index contributed by atoms with van der Waals surface area (Å²) in [5.41, 5.74) is 2.16. The third-order valence-corrected chi connectivity index (χ3v) is 5.31. The van der Waals surface area contributed by atoms with Gasteiger partial charge in [-0.1, -0.05) is 35.9 Å². The Labute approximate surface area is 163 Å². The summed E-state index contributed by atoms with van der Waals surface area (Å²) in [7, 11) is -4.02. The summed E-state index contributed by atoms with van der Waals surface area (Å²) in [5, 5.41) is 2.71. The van der Waals surface area contributed by atoms with E-state index in [1.165, 1.54) is 36.4 Å². The molecule has 0 aromatic heterocycles. The average Bonchev–Trinajstić information content (AvgIpc) is 2.69. The van der Waals surface area contributed by atoms with E-state index < -0.39 is 15.9 Å². The van der Waals surface area contributed by atoms with Crippen LogP contribution >= 0.6 is 0 Å². The zero-order valence-corrected chi connectivity index (χ0v) is 15.9. The lowest BCUT2D eigenvalue weighted by Gasteiger charge is -2.09. The number of carbonyl (C=O) groups is 2. The molecule has 0 saturated heterocycles. The molecule has 0 bridgehead atoms. The van der Waals surface area contributed by atoms with E-state index in [1.807, 2.05) is 17.7 Å². The second kappa shape index (κ2) is 8.06. The maximum Gasteiger partial charge on any atom is 0.264 e. The molecule has 2 amide bonds. The van der Waals surface area contributed by atoms with Gasteiger partial charge in [-0.2, -0.15) is 0 Å². The zero-order valence-electron chi connectivity index (χ0n) is 15.0. The topological polar surface area (TPSA) is 92.3 Å². The summed E-state index contributed by atoms with van der Waals surface area (Å²) in [6.07, 6.45) is 0. The fourth-order valence-electron chi connectivity index (χ4n) is 2.54. The van der Waals surface area contributed by atoms with E-state index >= 15 is 0 Å². The van der Waals surface area contributed by atoms with Crippen molar-refractivity contribution in [2.75, 3.05) is 5.32 Å². The third kappa shape index (κ3) is 4.63. The number of rotatable bonds is 5. The predicted octanol–water partition coefficient (Wildman–Crippen LogP) is 3.37. The minimum atomic E-state index is -4.02. The largest absolute Gasteiger partial charge is 0.322 e. The number of anilines is 1. The molecule has 3 aromatic rings. The molecule has 28 heavy (non-hydrogen) atoms. The molecule has 0 fully saturated rings. The smallest absolute Gasteiger partial charge is 0.264 e. The van der Waals surface area contributed by atoms with Crippen molar-refractivity contribution in [3.63, 3.8) is 0 Å². The van der Waals surface area contributed by atoms with Gasteiger partial charge in [-0.05, 0) is 55.5 Å². The number of nitrogens with one attached hydrogen (secondary N) is 2. The first-order valence-corrected chi connectivity index (χ1v) is 9.94. The van der Waals surface area contributed by atoms with E-state index in [1.54, 1.807) is 36.4 Å². The molecule has 2 N–H and O–H groups in total. The van der Waals surface area contributed by atoms with Crippen LogP contribution in [0.4, 0.5) is 5.69 Å². The Morgan fingerprint density at radius 1 is 0.750 bits per heavy atom. The van der Waals surface area contributed by atoms with Gasteiger partial charge in [0.2, 0.25) is 0 Å². The predicted molar refractivity (Wildman–Crippen MR) is 107 cm³/mol. The molecular weight excluding hydrogens is 376 g/mol. The zero-order chi connectivity index (χ0) is 20.1. The van der Waals surface area contributed by atoms with Crippen molar-refractivity contribution in [2.24, 2.45) is 0 Å². The molecule has 0 atom stereocenters. The van der Waals surface area contributed by atoms with Crippen LogP contribution in [0, 0.1) is 6.92 Å². The van der Waals surface area contributed by atoms with E-state index in [0.717, 1.165) is 5.56 Å². The first-order valence-electron chi connectivity index (χ1n) is 8.45. The lowest BCUT2D eigenvalue weighted by Crippen LogP contribution is -2.30. The fourth-order valence-corrected chi connectivity index (χ4v) is 3.51. The van der Waals surface area contributed by atoms with Crippen LogP contribution in [-0.4, -0.2) is 20.2 Å². The maximum atomic E-state index is 12.4. The number of carbonyl (C=O) groups excluding carboxylic acids is 2. The average molecular weight is 394 g/mol. The van der Waals surface area contributed by atoms with Crippen LogP contribution in [-0.2, 0) is 10.0 Å². The summed E-state index contributed by atoms with van der Waals surface area (Å²) in [6, 6.07) is 20.8. The molecule has 6 nitrogen and oxygen atoms in total.